The van der Waals surface area contributed by atoms with Crippen molar-refractivity contribution in [3.63, 3.8) is 0 Å². The minimum Gasteiger partial charge on any atom is -0.310 e. The van der Waals surface area contributed by atoms with Crippen LogP contribution in [0.2, 0.25) is 0 Å². The highest BCUT2D eigenvalue weighted by atomic mass is 15.1. The van der Waals surface area contributed by atoms with Crippen LogP contribution in [0.4, 0.5) is 17.1 Å². The molecule has 12 rings (SSSR count). The third kappa shape index (κ3) is 6.09. The Morgan fingerprint density at radius 3 is 1.92 bits per heavy atom. The highest BCUT2D eigenvalue weighted by molar-refractivity contribution is 6.09. The highest BCUT2D eigenvalue weighted by Crippen LogP contribution is 2.52. The molecule has 1 heterocycles. The van der Waals surface area contributed by atoms with E-state index in [4.69, 9.17) is 0 Å². The standard InChI is InChI=1S/C61H46N2/c1-61(2)56-39-47(33-35-52(56)53-36-34-48(40-57(53)61)63-59-31-12-9-27-54(59)55-28-10-13-32-60(55)63)62(46-24-15-23-45(38-46)50-29-16-20-42-19-6-7-25-49(42)50)58-30-11-8-26-51(58)44-22-14-21-43(37-44)41-17-4-3-5-18-41/h3-36,38-40,44H,37H2,1-2H3. The summed E-state index contributed by atoms with van der Waals surface area (Å²) >= 11 is 0. The van der Waals surface area contributed by atoms with Gasteiger partial charge < -0.3 is 9.47 Å². The van der Waals surface area contributed by atoms with Crippen LogP contribution < -0.4 is 4.90 Å². The molecule has 9 aromatic carbocycles. The molecule has 0 radical (unpaired) electrons. The molecule has 0 fully saturated rings. The van der Waals surface area contributed by atoms with Crippen molar-refractivity contribution >= 4 is 55.2 Å². The van der Waals surface area contributed by atoms with Crippen LogP contribution in [-0.4, -0.2) is 4.57 Å². The van der Waals surface area contributed by atoms with Crippen LogP contribution in [0.25, 0.3) is 66.1 Å². The predicted molar refractivity (Wildman–Crippen MR) is 267 cm³/mol. The number of hydrogen-bond acceptors (Lipinski definition) is 1. The molecule has 0 bridgehead atoms. The Morgan fingerprint density at radius 1 is 0.492 bits per heavy atom. The topological polar surface area (TPSA) is 8.17 Å². The lowest BCUT2D eigenvalue weighted by Gasteiger charge is -2.32. The summed E-state index contributed by atoms with van der Waals surface area (Å²) in [6.07, 6.45) is 7.85. The molecule has 1 unspecified atom stereocenters. The summed E-state index contributed by atoms with van der Waals surface area (Å²) in [5, 5.41) is 5.06. The maximum absolute atomic E-state index is 2.52. The first-order valence-corrected chi connectivity index (χ1v) is 22.2. The molecule has 2 heteroatoms. The van der Waals surface area contributed by atoms with Crippen molar-refractivity contribution in [2.24, 2.45) is 0 Å². The fraction of sp³-hybridized carbons (Fsp3) is 0.0820. The van der Waals surface area contributed by atoms with Crippen molar-refractivity contribution in [2.75, 3.05) is 4.90 Å². The van der Waals surface area contributed by atoms with Crippen molar-refractivity contribution < 1.29 is 0 Å². The van der Waals surface area contributed by atoms with Gasteiger partial charge in [0.25, 0.3) is 0 Å². The lowest BCUT2D eigenvalue weighted by molar-refractivity contribution is 0.660. The normalized spacial score (nSPS) is 15.1. The molecule has 0 spiro atoms. The lowest BCUT2D eigenvalue weighted by Crippen LogP contribution is -2.18. The summed E-state index contributed by atoms with van der Waals surface area (Å²) in [4.78, 5) is 2.52. The van der Waals surface area contributed by atoms with Crippen LogP contribution >= 0.6 is 0 Å². The number of rotatable bonds is 7. The molecule has 63 heavy (non-hydrogen) atoms. The number of benzene rings is 9. The Labute approximate surface area is 369 Å². The summed E-state index contributed by atoms with van der Waals surface area (Å²) in [7, 11) is 0. The summed E-state index contributed by atoms with van der Waals surface area (Å²) in [5.74, 6) is 0.208. The minimum atomic E-state index is -0.243. The quantitative estimate of drug-likeness (QED) is 0.156. The van der Waals surface area contributed by atoms with E-state index < -0.39 is 0 Å². The zero-order valence-corrected chi connectivity index (χ0v) is 35.5. The molecule has 10 aromatic rings. The number of allylic oxidation sites excluding steroid dienone is 4. The average Bonchev–Trinajstić information content (AvgIpc) is 3.79. The Hall–Kier alpha value is -7.68. The predicted octanol–water partition coefficient (Wildman–Crippen LogP) is 16.5. The van der Waals surface area contributed by atoms with Gasteiger partial charge >= 0.3 is 0 Å². The number of aromatic nitrogens is 1. The molecule has 0 saturated heterocycles. The second-order valence-electron chi connectivity index (χ2n) is 17.7. The van der Waals surface area contributed by atoms with Gasteiger partial charge in [0.05, 0.1) is 11.0 Å². The molecule has 2 aliphatic rings. The number of anilines is 3. The first-order valence-electron chi connectivity index (χ1n) is 22.2. The first-order chi connectivity index (χ1) is 31.0. The smallest absolute Gasteiger partial charge is 0.0541 e. The minimum absolute atomic E-state index is 0.208. The van der Waals surface area contributed by atoms with Gasteiger partial charge in [-0.25, -0.2) is 0 Å². The summed E-state index contributed by atoms with van der Waals surface area (Å²) in [5.41, 5.74) is 18.6. The van der Waals surface area contributed by atoms with Crippen LogP contribution in [0, 0.1) is 0 Å². The van der Waals surface area contributed by atoms with Crippen molar-refractivity contribution in [3.05, 3.63) is 247 Å². The van der Waals surface area contributed by atoms with Crippen molar-refractivity contribution in [2.45, 2.75) is 31.6 Å². The van der Waals surface area contributed by atoms with Gasteiger partial charge in [-0.1, -0.05) is 184 Å². The van der Waals surface area contributed by atoms with Gasteiger partial charge in [0, 0.05) is 44.9 Å². The zero-order valence-electron chi connectivity index (χ0n) is 35.5. The van der Waals surface area contributed by atoms with E-state index in [1.807, 2.05) is 0 Å². The molecule has 1 atom stereocenters. The van der Waals surface area contributed by atoms with Gasteiger partial charge in [-0.3, -0.25) is 0 Å². The van der Waals surface area contributed by atoms with Gasteiger partial charge in [-0.15, -0.1) is 0 Å². The molecule has 300 valence electrons. The summed E-state index contributed by atoms with van der Waals surface area (Å²) in [6.45, 7) is 4.81. The van der Waals surface area contributed by atoms with E-state index in [0.29, 0.717) is 0 Å². The highest BCUT2D eigenvalue weighted by Gasteiger charge is 2.37. The molecule has 1 aromatic heterocycles. The van der Waals surface area contributed by atoms with E-state index in [1.165, 1.54) is 94.0 Å². The van der Waals surface area contributed by atoms with Crippen molar-refractivity contribution in [1.29, 1.82) is 0 Å². The van der Waals surface area contributed by atoms with Gasteiger partial charge in [0.1, 0.15) is 0 Å². The lowest BCUT2D eigenvalue weighted by atomic mass is 9.82. The maximum Gasteiger partial charge on any atom is 0.0541 e. The van der Waals surface area contributed by atoms with Gasteiger partial charge in [-0.05, 0) is 122 Å². The van der Waals surface area contributed by atoms with E-state index in [-0.39, 0.29) is 11.3 Å². The third-order valence-corrected chi connectivity index (χ3v) is 13.7. The van der Waals surface area contributed by atoms with E-state index in [2.05, 4.69) is 248 Å². The van der Waals surface area contributed by atoms with Crippen LogP contribution in [0.3, 0.4) is 0 Å². The van der Waals surface area contributed by atoms with Crippen LogP contribution in [-0.2, 0) is 5.41 Å². The number of nitrogens with zero attached hydrogens (tertiary/aromatic N) is 2. The monoisotopic (exact) mass is 806 g/mol. The molecule has 0 saturated carbocycles. The molecule has 0 aliphatic heterocycles. The molecule has 2 aliphatic carbocycles. The van der Waals surface area contributed by atoms with Crippen molar-refractivity contribution in [3.8, 4) is 27.9 Å². The molecule has 2 nitrogen and oxygen atoms in total. The van der Waals surface area contributed by atoms with Gasteiger partial charge in [0.2, 0.25) is 0 Å². The van der Waals surface area contributed by atoms with Crippen LogP contribution in [0.1, 0.15) is 48.4 Å². The largest absolute Gasteiger partial charge is 0.310 e. The average molecular weight is 807 g/mol. The number of para-hydroxylation sites is 3. The SMILES string of the molecule is CC1(C)c2cc(N(c3cccc(-c4cccc5ccccc45)c3)c3ccccc3C3C=CC=C(c4ccccc4)C3)ccc2-c2ccc(-n3c4ccccc4c4ccccc43)cc21. The fourth-order valence-electron chi connectivity index (χ4n) is 10.7. The second-order valence-corrected chi connectivity index (χ2v) is 17.7. The maximum atomic E-state index is 2.52. The van der Waals surface area contributed by atoms with E-state index in [0.717, 1.165) is 17.8 Å². The molecular formula is C61H46N2. The summed E-state index contributed by atoms with van der Waals surface area (Å²) in [6, 6.07) is 76.3. The second kappa shape index (κ2) is 14.8. The molecule has 0 amide bonds. The summed E-state index contributed by atoms with van der Waals surface area (Å²) < 4.78 is 2.44. The van der Waals surface area contributed by atoms with Gasteiger partial charge in [-0.2, -0.15) is 0 Å². The molecule has 0 N–H and O–H groups in total. The fourth-order valence-corrected chi connectivity index (χ4v) is 10.7. The number of hydrogen-bond donors (Lipinski definition) is 0. The van der Waals surface area contributed by atoms with Crippen LogP contribution in [0.15, 0.2) is 224 Å². The Morgan fingerprint density at radius 2 is 1.11 bits per heavy atom. The van der Waals surface area contributed by atoms with E-state index >= 15 is 0 Å². The number of fused-ring (bicyclic) bond motifs is 7. The Balaban J connectivity index is 1.00. The van der Waals surface area contributed by atoms with E-state index in [9.17, 15) is 0 Å². The first kappa shape index (κ1) is 37.1. The molecular weight excluding hydrogens is 761 g/mol. The zero-order chi connectivity index (χ0) is 42.1. The van der Waals surface area contributed by atoms with Crippen molar-refractivity contribution in [1.82, 2.24) is 4.57 Å². The Bertz CT molecular complexity index is 3410. The Kier molecular flexibility index (Phi) is 8.69. The van der Waals surface area contributed by atoms with E-state index in [1.54, 1.807) is 0 Å². The van der Waals surface area contributed by atoms with Gasteiger partial charge in [0.15, 0.2) is 0 Å². The van der Waals surface area contributed by atoms with Crippen LogP contribution in [0.5, 0.6) is 0 Å². The third-order valence-electron chi connectivity index (χ3n) is 13.7.